The molecule has 4 rings (SSSR count). The third kappa shape index (κ3) is 8.84. The Morgan fingerprint density at radius 2 is 1.59 bits per heavy atom. The van der Waals surface area contributed by atoms with Crippen molar-refractivity contribution in [3.63, 3.8) is 0 Å². The van der Waals surface area contributed by atoms with Crippen molar-refractivity contribution in [2.75, 3.05) is 20.6 Å². The maximum Gasteiger partial charge on any atom is 0.416 e. The average Bonchev–Trinajstić information content (AvgIpc) is 3.80. The number of Topliss-reactive ketones (excluding diaryl/α,β-unsaturated/α-hetero) is 1. The van der Waals surface area contributed by atoms with Gasteiger partial charge in [0.05, 0.1) is 18.0 Å². The second-order valence-corrected chi connectivity index (χ2v) is 14.2. The molecule has 266 valence electrons. The van der Waals surface area contributed by atoms with Crippen LogP contribution in [0, 0.1) is 38.3 Å². The van der Waals surface area contributed by atoms with E-state index in [1.165, 1.54) is 6.07 Å². The van der Waals surface area contributed by atoms with E-state index in [0.29, 0.717) is 24.5 Å². The highest BCUT2D eigenvalue weighted by molar-refractivity contribution is 5.84. The van der Waals surface area contributed by atoms with Crippen molar-refractivity contribution < 1.29 is 36.6 Å². The molecule has 0 bridgehead atoms. The Morgan fingerprint density at radius 3 is 2.10 bits per heavy atom. The summed E-state index contributed by atoms with van der Waals surface area (Å²) in [7, 11) is 3.39. The highest BCUT2D eigenvalue weighted by Gasteiger charge is 2.38. The predicted molar refractivity (Wildman–Crippen MR) is 179 cm³/mol. The number of likely N-dealkylation sites (N-methyl/N-ethyl adjacent to an activating group) is 1. The number of aromatic nitrogens is 1. The van der Waals surface area contributed by atoms with Crippen LogP contribution < -0.4 is 5.56 Å². The lowest BCUT2D eigenvalue weighted by atomic mass is 9.82. The molecule has 1 unspecified atom stereocenters. The standard InChI is InChI=1S/C38H45F5N2O4/c1-20(2)12-30(45-19-25(10-11-44(6)7)29(18-32(45)47)38(41,42)43)31(46)15-26(16-33(48)49)35-36(39)27(24-8-9-24)17-28(37(35)40)34-22(4)13-21(3)14-23(34)5/h13-14,17-20,24,26,30H,8-12,15-16H2,1-7H3,(H,48,49)/t26-,30?/m0/s1. The van der Waals surface area contributed by atoms with Gasteiger partial charge in [0.1, 0.15) is 11.6 Å². The molecule has 0 amide bonds. The average molecular weight is 689 g/mol. The summed E-state index contributed by atoms with van der Waals surface area (Å²) in [5.41, 5.74) is 0.604. The van der Waals surface area contributed by atoms with Gasteiger partial charge in [0.2, 0.25) is 0 Å². The monoisotopic (exact) mass is 688 g/mol. The molecule has 3 aromatic rings. The van der Waals surface area contributed by atoms with E-state index in [1.807, 2.05) is 32.9 Å². The topological polar surface area (TPSA) is 79.6 Å². The van der Waals surface area contributed by atoms with Crippen molar-refractivity contribution in [2.45, 2.75) is 97.2 Å². The predicted octanol–water partition coefficient (Wildman–Crippen LogP) is 8.52. The number of aliphatic carboxylic acids is 1. The summed E-state index contributed by atoms with van der Waals surface area (Å²) in [6.07, 6.45) is -3.83. The molecule has 1 saturated carbocycles. The number of carbonyl (C=O) groups is 2. The van der Waals surface area contributed by atoms with E-state index < -0.39 is 71.1 Å². The molecule has 1 N–H and O–H groups in total. The van der Waals surface area contributed by atoms with Crippen LogP contribution in [0.25, 0.3) is 11.1 Å². The summed E-state index contributed by atoms with van der Waals surface area (Å²) < 4.78 is 76.0. The third-order valence-electron chi connectivity index (χ3n) is 9.20. The van der Waals surface area contributed by atoms with Crippen LogP contribution in [0.5, 0.6) is 0 Å². The van der Waals surface area contributed by atoms with Gasteiger partial charge in [-0.1, -0.05) is 31.5 Å². The molecule has 1 aromatic heterocycles. The maximum atomic E-state index is 16.7. The van der Waals surface area contributed by atoms with Crippen LogP contribution in [0.4, 0.5) is 22.0 Å². The minimum absolute atomic E-state index is 0.0388. The minimum Gasteiger partial charge on any atom is -0.481 e. The highest BCUT2D eigenvalue weighted by Crippen LogP contribution is 2.47. The van der Waals surface area contributed by atoms with Gasteiger partial charge in [-0.05, 0) is 106 Å². The highest BCUT2D eigenvalue weighted by atomic mass is 19.4. The number of carbonyl (C=O) groups excluding carboxylic acids is 1. The zero-order valence-corrected chi connectivity index (χ0v) is 29.1. The lowest BCUT2D eigenvalue weighted by Crippen LogP contribution is -2.33. The first-order valence-electron chi connectivity index (χ1n) is 16.6. The normalized spacial score (nSPS) is 14.8. The molecule has 0 saturated heterocycles. The number of carboxylic acids is 1. The Balaban J connectivity index is 1.87. The lowest BCUT2D eigenvalue weighted by molar-refractivity contribution is -0.139. The number of halogens is 5. The molecule has 1 aliphatic rings. The van der Waals surface area contributed by atoms with E-state index in [1.54, 1.807) is 32.8 Å². The van der Waals surface area contributed by atoms with E-state index >= 15 is 8.78 Å². The van der Waals surface area contributed by atoms with Crippen LogP contribution in [0.15, 0.2) is 35.3 Å². The SMILES string of the molecule is Cc1cc(C)c(-c2cc(C3CC3)c(F)c([C@H](CC(=O)O)CC(=O)C(CC(C)C)n3cc(CCN(C)C)c(C(F)(F)F)cc3=O)c2F)c(C)c1. The summed E-state index contributed by atoms with van der Waals surface area (Å²) in [6, 6.07) is 4.45. The van der Waals surface area contributed by atoms with Crippen molar-refractivity contribution >= 4 is 11.8 Å². The number of ketones is 1. The third-order valence-corrected chi connectivity index (χ3v) is 9.20. The number of aryl methyl sites for hydroxylation is 3. The van der Waals surface area contributed by atoms with Gasteiger partial charge in [0.25, 0.3) is 5.56 Å². The van der Waals surface area contributed by atoms with E-state index in [-0.39, 0.29) is 47.9 Å². The van der Waals surface area contributed by atoms with Crippen molar-refractivity contribution in [1.82, 2.24) is 9.47 Å². The number of carboxylic acid groups (broad SMARTS) is 1. The van der Waals surface area contributed by atoms with E-state index in [0.717, 1.165) is 27.5 Å². The maximum absolute atomic E-state index is 16.7. The fourth-order valence-corrected chi connectivity index (χ4v) is 6.87. The van der Waals surface area contributed by atoms with Gasteiger partial charge in [-0.3, -0.25) is 14.4 Å². The molecule has 1 heterocycles. The summed E-state index contributed by atoms with van der Waals surface area (Å²) in [6.45, 7) is 9.32. The number of hydrogen-bond donors (Lipinski definition) is 1. The Labute approximate surface area is 283 Å². The Bertz CT molecular complexity index is 1770. The molecule has 0 radical (unpaired) electrons. The van der Waals surface area contributed by atoms with E-state index in [2.05, 4.69) is 0 Å². The molecule has 49 heavy (non-hydrogen) atoms. The molecule has 2 atom stereocenters. The number of pyridine rings is 1. The molecule has 2 aromatic carbocycles. The van der Waals surface area contributed by atoms with Crippen molar-refractivity contribution in [3.8, 4) is 11.1 Å². The quantitative estimate of drug-likeness (QED) is 0.172. The first-order valence-corrected chi connectivity index (χ1v) is 16.6. The minimum atomic E-state index is -4.81. The number of alkyl halides is 3. The smallest absolute Gasteiger partial charge is 0.416 e. The fourth-order valence-electron chi connectivity index (χ4n) is 6.87. The van der Waals surface area contributed by atoms with Gasteiger partial charge >= 0.3 is 12.1 Å². The second-order valence-electron chi connectivity index (χ2n) is 14.2. The summed E-state index contributed by atoms with van der Waals surface area (Å²) in [5, 5.41) is 9.91. The Kier molecular flexibility index (Phi) is 11.6. The largest absolute Gasteiger partial charge is 0.481 e. The zero-order valence-electron chi connectivity index (χ0n) is 29.1. The Hall–Kier alpha value is -3.86. The number of rotatable bonds is 14. The van der Waals surface area contributed by atoms with Crippen LogP contribution in [-0.4, -0.2) is 47.0 Å². The van der Waals surface area contributed by atoms with Gasteiger partial charge < -0.3 is 14.6 Å². The van der Waals surface area contributed by atoms with Crippen LogP contribution in [-0.2, 0) is 22.2 Å². The van der Waals surface area contributed by atoms with Gasteiger partial charge in [-0.15, -0.1) is 0 Å². The number of benzene rings is 2. The first-order chi connectivity index (χ1) is 22.8. The van der Waals surface area contributed by atoms with Crippen LogP contribution >= 0.6 is 0 Å². The number of nitrogens with zero attached hydrogens (tertiary/aromatic N) is 2. The Morgan fingerprint density at radius 1 is 0.980 bits per heavy atom. The molecule has 0 aliphatic heterocycles. The van der Waals surface area contributed by atoms with Crippen molar-refractivity contribution in [3.05, 3.63) is 91.4 Å². The summed E-state index contributed by atoms with van der Waals surface area (Å²) >= 11 is 0. The van der Waals surface area contributed by atoms with E-state index in [9.17, 15) is 32.7 Å². The molecule has 6 nitrogen and oxygen atoms in total. The van der Waals surface area contributed by atoms with Gasteiger partial charge in [-0.2, -0.15) is 13.2 Å². The van der Waals surface area contributed by atoms with Gasteiger partial charge in [0.15, 0.2) is 5.78 Å². The fraction of sp³-hybridized carbons (Fsp3) is 0.500. The molecule has 1 fully saturated rings. The summed E-state index contributed by atoms with van der Waals surface area (Å²) in [5.74, 6) is -5.74. The second kappa shape index (κ2) is 14.9. The summed E-state index contributed by atoms with van der Waals surface area (Å²) in [4.78, 5) is 41.3. The lowest BCUT2D eigenvalue weighted by Gasteiger charge is -2.26. The number of hydrogen-bond acceptors (Lipinski definition) is 4. The van der Waals surface area contributed by atoms with E-state index in [4.69, 9.17) is 0 Å². The zero-order chi connectivity index (χ0) is 36.5. The molecule has 11 heteroatoms. The van der Waals surface area contributed by atoms with Crippen molar-refractivity contribution in [1.29, 1.82) is 0 Å². The first kappa shape index (κ1) is 38.0. The van der Waals surface area contributed by atoms with Gasteiger partial charge in [0, 0.05) is 42.3 Å². The van der Waals surface area contributed by atoms with Crippen LogP contribution in [0.3, 0.4) is 0 Å². The van der Waals surface area contributed by atoms with Gasteiger partial charge in [-0.25, -0.2) is 8.78 Å². The molecular weight excluding hydrogens is 643 g/mol. The molecule has 1 aliphatic carbocycles. The van der Waals surface area contributed by atoms with Crippen LogP contribution in [0.2, 0.25) is 0 Å². The van der Waals surface area contributed by atoms with Crippen LogP contribution in [0.1, 0.15) is 103 Å². The van der Waals surface area contributed by atoms with Crippen molar-refractivity contribution in [2.24, 2.45) is 5.92 Å². The molecule has 0 spiro atoms. The molecular formula is C38H45F5N2O4.